The fourth-order valence-electron chi connectivity index (χ4n) is 1.74. The number of anilines is 1. The molecule has 1 aromatic carbocycles. The van der Waals surface area contributed by atoms with E-state index in [1.165, 1.54) is 4.90 Å². The van der Waals surface area contributed by atoms with Crippen molar-refractivity contribution in [3.63, 3.8) is 0 Å². The van der Waals surface area contributed by atoms with Crippen molar-refractivity contribution in [1.29, 1.82) is 0 Å². The van der Waals surface area contributed by atoms with Gasteiger partial charge < -0.3 is 15.4 Å². The van der Waals surface area contributed by atoms with Crippen LogP contribution >= 0.6 is 0 Å². The van der Waals surface area contributed by atoms with Gasteiger partial charge in [0.2, 0.25) is 0 Å². The smallest absolute Gasteiger partial charge is 0.259 e. The maximum absolute atomic E-state index is 12.3. The molecular formula is C11H13FN2O2. The SMILES string of the molecule is Nc1cccc2c1C(=O)N(CCF)CCO2. The highest BCUT2D eigenvalue weighted by Gasteiger charge is 2.25. The molecule has 0 aromatic heterocycles. The Hall–Kier alpha value is -1.78. The zero-order chi connectivity index (χ0) is 11.5. The maximum atomic E-state index is 12.3. The molecule has 5 heteroatoms. The standard InChI is InChI=1S/C11H13FN2O2/c12-4-5-14-6-7-16-9-3-1-2-8(13)10(9)11(14)15/h1-3H,4-7,13H2. The highest BCUT2D eigenvalue weighted by atomic mass is 19.1. The lowest BCUT2D eigenvalue weighted by Crippen LogP contribution is -2.34. The number of amides is 1. The highest BCUT2D eigenvalue weighted by Crippen LogP contribution is 2.27. The second kappa shape index (κ2) is 4.38. The molecule has 2 rings (SSSR count). The van der Waals surface area contributed by atoms with Crippen molar-refractivity contribution < 1.29 is 13.9 Å². The first-order valence-corrected chi connectivity index (χ1v) is 5.10. The van der Waals surface area contributed by atoms with E-state index in [0.29, 0.717) is 30.2 Å². The van der Waals surface area contributed by atoms with E-state index in [4.69, 9.17) is 10.5 Å². The van der Waals surface area contributed by atoms with E-state index >= 15 is 0 Å². The number of hydrogen-bond acceptors (Lipinski definition) is 3. The van der Waals surface area contributed by atoms with Crippen LogP contribution in [-0.4, -0.2) is 37.2 Å². The highest BCUT2D eigenvalue weighted by molar-refractivity contribution is 6.02. The van der Waals surface area contributed by atoms with Crippen molar-refractivity contribution >= 4 is 11.6 Å². The van der Waals surface area contributed by atoms with E-state index in [9.17, 15) is 9.18 Å². The number of benzene rings is 1. The summed E-state index contributed by atoms with van der Waals surface area (Å²) in [7, 11) is 0. The number of rotatable bonds is 2. The predicted octanol–water partition coefficient (Wildman–Crippen LogP) is 1.07. The quantitative estimate of drug-likeness (QED) is 0.764. The molecule has 0 radical (unpaired) electrons. The second-order valence-electron chi connectivity index (χ2n) is 3.55. The van der Waals surface area contributed by atoms with Gasteiger partial charge in [-0.25, -0.2) is 4.39 Å². The van der Waals surface area contributed by atoms with Gasteiger partial charge in [0.15, 0.2) is 0 Å². The molecule has 86 valence electrons. The molecule has 0 bridgehead atoms. The Kier molecular flexibility index (Phi) is 2.94. The molecule has 0 atom stereocenters. The number of nitrogens with two attached hydrogens (primary N) is 1. The van der Waals surface area contributed by atoms with Gasteiger partial charge in [-0.3, -0.25) is 4.79 Å². The van der Waals surface area contributed by atoms with Gasteiger partial charge in [0.05, 0.1) is 6.54 Å². The van der Waals surface area contributed by atoms with Crippen molar-refractivity contribution in [2.24, 2.45) is 0 Å². The Morgan fingerprint density at radius 3 is 3.06 bits per heavy atom. The molecule has 1 aliphatic heterocycles. The van der Waals surface area contributed by atoms with Crippen molar-refractivity contribution in [2.45, 2.75) is 0 Å². The average molecular weight is 224 g/mol. The Morgan fingerprint density at radius 1 is 1.50 bits per heavy atom. The summed E-state index contributed by atoms with van der Waals surface area (Å²) in [4.78, 5) is 13.5. The molecule has 0 fully saturated rings. The van der Waals surface area contributed by atoms with Gasteiger partial charge >= 0.3 is 0 Å². The van der Waals surface area contributed by atoms with Crippen molar-refractivity contribution in [3.8, 4) is 5.75 Å². The van der Waals surface area contributed by atoms with Crippen LogP contribution in [0.1, 0.15) is 10.4 Å². The summed E-state index contributed by atoms with van der Waals surface area (Å²) in [6.45, 7) is 0.267. The number of ether oxygens (including phenoxy) is 1. The molecule has 1 aromatic rings. The molecule has 0 unspecified atom stereocenters. The lowest BCUT2D eigenvalue weighted by atomic mass is 10.1. The average Bonchev–Trinajstić information content (AvgIpc) is 2.41. The molecule has 16 heavy (non-hydrogen) atoms. The molecule has 0 saturated carbocycles. The van der Waals surface area contributed by atoms with Gasteiger partial charge in [-0.15, -0.1) is 0 Å². The summed E-state index contributed by atoms with van der Waals surface area (Å²) in [5.41, 5.74) is 6.45. The summed E-state index contributed by atoms with van der Waals surface area (Å²) in [6.07, 6.45) is 0. The number of nitrogens with zero attached hydrogens (tertiary/aromatic N) is 1. The van der Waals surface area contributed by atoms with Crippen molar-refractivity contribution in [3.05, 3.63) is 23.8 Å². The van der Waals surface area contributed by atoms with E-state index in [1.807, 2.05) is 0 Å². The van der Waals surface area contributed by atoms with Gasteiger partial charge in [0, 0.05) is 12.2 Å². The van der Waals surface area contributed by atoms with Crippen molar-refractivity contribution in [2.75, 3.05) is 32.1 Å². The van der Waals surface area contributed by atoms with E-state index in [0.717, 1.165) is 0 Å². The maximum Gasteiger partial charge on any atom is 0.259 e. The number of alkyl halides is 1. The molecule has 0 aliphatic carbocycles. The Bertz CT molecular complexity index is 409. The van der Waals surface area contributed by atoms with Crippen LogP contribution in [0.25, 0.3) is 0 Å². The molecule has 1 heterocycles. The normalized spacial score (nSPS) is 15.3. The first-order chi connectivity index (χ1) is 7.74. The monoisotopic (exact) mass is 224 g/mol. The first kappa shape index (κ1) is 10.7. The predicted molar refractivity (Wildman–Crippen MR) is 58.2 cm³/mol. The van der Waals surface area contributed by atoms with E-state index in [2.05, 4.69) is 0 Å². The number of carbonyl (C=O) groups is 1. The van der Waals surface area contributed by atoms with Crippen LogP contribution in [0.2, 0.25) is 0 Å². The molecule has 2 N–H and O–H groups in total. The van der Waals surface area contributed by atoms with Gasteiger partial charge in [-0.2, -0.15) is 0 Å². The van der Waals surface area contributed by atoms with Crippen LogP contribution in [0, 0.1) is 0 Å². The molecule has 0 saturated heterocycles. The largest absolute Gasteiger partial charge is 0.491 e. The minimum absolute atomic E-state index is 0.0793. The second-order valence-corrected chi connectivity index (χ2v) is 3.55. The van der Waals surface area contributed by atoms with Crippen LogP contribution < -0.4 is 10.5 Å². The summed E-state index contributed by atoms with van der Waals surface area (Å²) in [6, 6.07) is 5.06. The van der Waals surface area contributed by atoms with Gasteiger partial charge in [-0.05, 0) is 12.1 Å². The first-order valence-electron chi connectivity index (χ1n) is 5.10. The van der Waals surface area contributed by atoms with Gasteiger partial charge in [0.1, 0.15) is 24.6 Å². The molecule has 1 aliphatic rings. The Morgan fingerprint density at radius 2 is 2.31 bits per heavy atom. The van der Waals surface area contributed by atoms with E-state index < -0.39 is 6.67 Å². The number of halogens is 1. The topological polar surface area (TPSA) is 55.6 Å². The molecule has 0 spiro atoms. The van der Waals surface area contributed by atoms with Crippen molar-refractivity contribution in [1.82, 2.24) is 4.90 Å². The summed E-state index contributed by atoms with van der Waals surface area (Å²) < 4.78 is 17.7. The number of nitrogen functional groups attached to an aromatic ring is 1. The van der Waals surface area contributed by atoms with E-state index in [-0.39, 0.29) is 12.5 Å². The third-order valence-electron chi connectivity index (χ3n) is 2.53. The Labute approximate surface area is 92.8 Å². The summed E-state index contributed by atoms with van der Waals surface area (Å²) in [5.74, 6) is 0.217. The van der Waals surface area contributed by atoms with Gasteiger partial charge in [0.25, 0.3) is 5.91 Å². The fourth-order valence-corrected chi connectivity index (χ4v) is 1.74. The minimum atomic E-state index is -0.562. The van der Waals surface area contributed by atoms with Crippen LogP contribution in [0.3, 0.4) is 0 Å². The van der Waals surface area contributed by atoms with Crippen LogP contribution in [0.5, 0.6) is 5.75 Å². The minimum Gasteiger partial charge on any atom is -0.491 e. The zero-order valence-electron chi connectivity index (χ0n) is 8.78. The Balaban J connectivity index is 2.39. The van der Waals surface area contributed by atoms with Crippen LogP contribution in [0.4, 0.5) is 10.1 Å². The zero-order valence-corrected chi connectivity index (χ0v) is 8.78. The lowest BCUT2D eigenvalue weighted by molar-refractivity contribution is 0.0745. The summed E-state index contributed by atoms with van der Waals surface area (Å²) in [5, 5.41) is 0. The third-order valence-corrected chi connectivity index (χ3v) is 2.53. The lowest BCUT2D eigenvalue weighted by Gasteiger charge is -2.18. The molecule has 4 nitrogen and oxygen atoms in total. The van der Waals surface area contributed by atoms with E-state index in [1.54, 1.807) is 18.2 Å². The molecular weight excluding hydrogens is 211 g/mol. The van der Waals surface area contributed by atoms with Crippen LogP contribution in [0.15, 0.2) is 18.2 Å². The van der Waals surface area contributed by atoms with Gasteiger partial charge in [-0.1, -0.05) is 6.07 Å². The third kappa shape index (κ3) is 1.80. The number of fused-ring (bicyclic) bond motifs is 1. The summed E-state index contributed by atoms with van der Waals surface area (Å²) >= 11 is 0. The van der Waals surface area contributed by atoms with Crippen LogP contribution in [-0.2, 0) is 0 Å². The number of hydrogen-bond donors (Lipinski definition) is 1. The molecule has 1 amide bonds. The fraction of sp³-hybridized carbons (Fsp3) is 0.364. The number of carbonyl (C=O) groups excluding carboxylic acids is 1.